The van der Waals surface area contributed by atoms with E-state index in [1.165, 1.54) is 50.7 Å². The van der Waals surface area contributed by atoms with Crippen LogP contribution in [0.2, 0.25) is 0 Å². The van der Waals surface area contributed by atoms with E-state index in [1.807, 2.05) is 0 Å². The van der Waals surface area contributed by atoms with Gasteiger partial charge in [-0.05, 0) is 18.4 Å². The van der Waals surface area contributed by atoms with Gasteiger partial charge in [-0.25, -0.2) is 0 Å². The van der Waals surface area contributed by atoms with Crippen molar-refractivity contribution in [1.82, 2.24) is 10.2 Å². The Morgan fingerprint density at radius 2 is 2.15 bits per heavy atom. The average molecular weight is 200 g/mol. The molecule has 1 atom stereocenters. The number of rotatable bonds is 2. The molecule has 0 spiro atoms. The molecule has 1 N–H and O–H groups in total. The van der Waals surface area contributed by atoms with Crippen LogP contribution in [-0.4, -0.2) is 49.1 Å². The zero-order valence-electron chi connectivity index (χ0n) is 8.51. The molecule has 13 heavy (non-hydrogen) atoms. The quantitative estimate of drug-likeness (QED) is 0.717. The molecule has 1 unspecified atom stereocenters. The Kier molecular flexibility index (Phi) is 3.17. The second kappa shape index (κ2) is 4.20. The summed E-state index contributed by atoms with van der Waals surface area (Å²) in [5.74, 6) is 2.67. The third kappa shape index (κ3) is 2.61. The standard InChI is InChI=1S/C10H20N2S/c1-10(2-3-11-8-10)9-12-4-6-13-7-5-12/h11H,2-9H2,1H3. The van der Waals surface area contributed by atoms with E-state index >= 15 is 0 Å². The monoisotopic (exact) mass is 200 g/mol. The van der Waals surface area contributed by atoms with Crippen molar-refractivity contribution in [2.75, 3.05) is 44.2 Å². The van der Waals surface area contributed by atoms with Crippen molar-refractivity contribution in [3.8, 4) is 0 Å². The minimum absolute atomic E-state index is 0.558. The van der Waals surface area contributed by atoms with Crippen LogP contribution in [0, 0.1) is 5.41 Å². The minimum atomic E-state index is 0.558. The summed E-state index contributed by atoms with van der Waals surface area (Å²) >= 11 is 2.10. The van der Waals surface area contributed by atoms with E-state index in [-0.39, 0.29) is 0 Å². The third-order valence-electron chi connectivity index (χ3n) is 3.17. The van der Waals surface area contributed by atoms with E-state index in [4.69, 9.17) is 0 Å². The number of thioether (sulfide) groups is 1. The van der Waals surface area contributed by atoms with Crippen molar-refractivity contribution >= 4 is 11.8 Å². The van der Waals surface area contributed by atoms with Gasteiger partial charge in [-0.2, -0.15) is 11.8 Å². The first-order valence-corrected chi connectivity index (χ1v) is 6.45. The summed E-state index contributed by atoms with van der Waals surface area (Å²) in [5, 5.41) is 3.47. The van der Waals surface area contributed by atoms with Gasteiger partial charge in [0.25, 0.3) is 0 Å². The van der Waals surface area contributed by atoms with Crippen molar-refractivity contribution < 1.29 is 0 Å². The summed E-state index contributed by atoms with van der Waals surface area (Å²) in [6, 6.07) is 0. The van der Waals surface area contributed by atoms with Gasteiger partial charge in [-0.1, -0.05) is 6.92 Å². The Hall–Kier alpha value is 0.270. The van der Waals surface area contributed by atoms with Crippen LogP contribution in [-0.2, 0) is 0 Å². The second-order valence-corrected chi connectivity index (χ2v) is 5.85. The molecule has 2 aliphatic rings. The fourth-order valence-electron chi connectivity index (χ4n) is 2.30. The molecule has 76 valence electrons. The van der Waals surface area contributed by atoms with E-state index in [1.54, 1.807) is 0 Å². The lowest BCUT2D eigenvalue weighted by atomic mass is 9.89. The van der Waals surface area contributed by atoms with Crippen LogP contribution >= 0.6 is 11.8 Å². The Morgan fingerprint density at radius 1 is 1.38 bits per heavy atom. The van der Waals surface area contributed by atoms with Gasteiger partial charge in [0.2, 0.25) is 0 Å². The van der Waals surface area contributed by atoms with Crippen molar-refractivity contribution in [3.05, 3.63) is 0 Å². The maximum absolute atomic E-state index is 3.47. The lowest BCUT2D eigenvalue weighted by Crippen LogP contribution is -2.41. The SMILES string of the molecule is CC1(CN2CCSCC2)CCNC1. The first kappa shape index (κ1) is 9.81. The average Bonchev–Trinajstić information content (AvgIpc) is 2.54. The highest BCUT2D eigenvalue weighted by molar-refractivity contribution is 7.99. The highest BCUT2D eigenvalue weighted by Crippen LogP contribution is 2.26. The van der Waals surface area contributed by atoms with Crippen LogP contribution in [0.1, 0.15) is 13.3 Å². The van der Waals surface area contributed by atoms with Gasteiger partial charge in [-0.15, -0.1) is 0 Å². The number of hydrogen-bond acceptors (Lipinski definition) is 3. The minimum Gasteiger partial charge on any atom is -0.316 e. The highest BCUT2D eigenvalue weighted by Gasteiger charge is 2.30. The van der Waals surface area contributed by atoms with Crippen LogP contribution in [0.15, 0.2) is 0 Å². The van der Waals surface area contributed by atoms with Gasteiger partial charge in [0, 0.05) is 37.7 Å². The first-order valence-electron chi connectivity index (χ1n) is 5.29. The van der Waals surface area contributed by atoms with Crippen LogP contribution in [0.25, 0.3) is 0 Å². The predicted molar refractivity (Wildman–Crippen MR) is 59.4 cm³/mol. The Balaban J connectivity index is 1.81. The molecule has 2 fully saturated rings. The molecular formula is C10H20N2S. The summed E-state index contributed by atoms with van der Waals surface area (Å²) in [7, 11) is 0. The number of hydrogen-bond donors (Lipinski definition) is 1. The normalized spacial score (nSPS) is 36.7. The van der Waals surface area contributed by atoms with E-state index in [9.17, 15) is 0 Å². The fourth-order valence-corrected chi connectivity index (χ4v) is 3.28. The Labute approximate surface area is 85.4 Å². The largest absolute Gasteiger partial charge is 0.316 e. The van der Waals surface area contributed by atoms with Crippen LogP contribution < -0.4 is 5.32 Å². The fraction of sp³-hybridized carbons (Fsp3) is 1.00. The van der Waals surface area contributed by atoms with Crippen molar-refractivity contribution in [3.63, 3.8) is 0 Å². The molecule has 3 heteroatoms. The molecule has 2 nitrogen and oxygen atoms in total. The smallest absolute Gasteiger partial charge is 0.00729 e. The summed E-state index contributed by atoms with van der Waals surface area (Å²) in [4.78, 5) is 2.64. The van der Waals surface area contributed by atoms with Gasteiger partial charge in [0.1, 0.15) is 0 Å². The molecule has 2 aliphatic heterocycles. The lowest BCUT2D eigenvalue weighted by Gasteiger charge is -2.34. The van der Waals surface area contributed by atoms with Gasteiger partial charge < -0.3 is 10.2 Å². The Bertz CT molecular complexity index is 160. The number of nitrogens with one attached hydrogen (secondary N) is 1. The maximum atomic E-state index is 3.47. The first-order chi connectivity index (χ1) is 6.29. The van der Waals surface area contributed by atoms with Crippen LogP contribution in [0.3, 0.4) is 0 Å². The molecule has 0 aliphatic carbocycles. The molecular weight excluding hydrogens is 180 g/mol. The topological polar surface area (TPSA) is 15.3 Å². The summed E-state index contributed by atoms with van der Waals surface area (Å²) in [6.07, 6.45) is 1.36. The molecule has 0 saturated carbocycles. The molecule has 0 bridgehead atoms. The molecule has 0 aromatic carbocycles. The van der Waals surface area contributed by atoms with E-state index < -0.39 is 0 Å². The predicted octanol–water partition coefficient (Wildman–Crippen LogP) is 1.03. The van der Waals surface area contributed by atoms with Crippen molar-refractivity contribution in [2.24, 2.45) is 5.41 Å². The summed E-state index contributed by atoms with van der Waals surface area (Å²) < 4.78 is 0. The molecule has 0 aromatic heterocycles. The second-order valence-electron chi connectivity index (χ2n) is 4.63. The van der Waals surface area contributed by atoms with Gasteiger partial charge in [-0.3, -0.25) is 0 Å². The van der Waals surface area contributed by atoms with Gasteiger partial charge in [0.05, 0.1) is 0 Å². The molecule has 0 amide bonds. The Morgan fingerprint density at radius 3 is 2.77 bits per heavy atom. The maximum Gasteiger partial charge on any atom is 0.00729 e. The number of nitrogens with zero attached hydrogens (tertiary/aromatic N) is 1. The summed E-state index contributed by atoms with van der Waals surface area (Å²) in [5.41, 5.74) is 0.558. The van der Waals surface area contributed by atoms with E-state index in [0.717, 1.165) is 0 Å². The molecule has 2 saturated heterocycles. The lowest BCUT2D eigenvalue weighted by molar-refractivity contribution is 0.191. The molecule has 0 aromatic rings. The summed E-state index contributed by atoms with van der Waals surface area (Å²) in [6.45, 7) is 8.78. The van der Waals surface area contributed by atoms with Crippen molar-refractivity contribution in [2.45, 2.75) is 13.3 Å². The van der Waals surface area contributed by atoms with Gasteiger partial charge in [0.15, 0.2) is 0 Å². The molecule has 2 heterocycles. The third-order valence-corrected chi connectivity index (χ3v) is 4.11. The zero-order chi connectivity index (χ0) is 9.15. The highest BCUT2D eigenvalue weighted by atomic mass is 32.2. The zero-order valence-corrected chi connectivity index (χ0v) is 9.33. The van der Waals surface area contributed by atoms with Gasteiger partial charge >= 0.3 is 0 Å². The van der Waals surface area contributed by atoms with E-state index in [2.05, 4.69) is 28.9 Å². The molecule has 2 rings (SSSR count). The van der Waals surface area contributed by atoms with Crippen molar-refractivity contribution in [1.29, 1.82) is 0 Å². The van der Waals surface area contributed by atoms with Crippen LogP contribution in [0.5, 0.6) is 0 Å². The van der Waals surface area contributed by atoms with Crippen LogP contribution in [0.4, 0.5) is 0 Å². The van der Waals surface area contributed by atoms with E-state index in [0.29, 0.717) is 5.41 Å². The molecule has 0 radical (unpaired) electrons.